The van der Waals surface area contributed by atoms with Crippen LogP contribution in [0.3, 0.4) is 0 Å². The molecule has 156 valence electrons. The van der Waals surface area contributed by atoms with E-state index in [1.54, 1.807) is 24.8 Å². The molecule has 0 saturated heterocycles. The number of aryl methyl sites for hydroxylation is 2. The summed E-state index contributed by atoms with van der Waals surface area (Å²) in [6.07, 6.45) is 1.70. The van der Waals surface area contributed by atoms with E-state index in [9.17, 15) is 14.4 Å². The predicted molar refractivity (Wildman–Crippen MR) is 109 cm³/mol. The smallest absolute Gasteiger partial charge is 0.332 e. The van der Waals surface area contributed by atoms with Gasteiger partial charge in [0.1, 0.15) is 5.75 Å². The molecule has 1 aromatic carbocycles. The first kappa shape index (κ1) is 19.5. The van der Waals surface area contributed by atoms with Gasteiger partial charge >= 0.3 is 11.7 Å². The first-order valence-corrected chi connectivity index (χ1v) is 9.29. The summed E-state index contributed by atoms with van der Waals surface area (Å²) in [5.74, 6) is 0.626. The number of hydrogen-bond acceptors (Lipinski definition) is 6. The number of aromatic nitrogens is 5. The Morgan fingerprint density at radius 3 is 2.60 bits per heavy atom. The number of rotatable bonds is 5. The van der Waals surface area contributed by atoms with Crippen molar-refractivity contribution in [2.75, 3.05) is 14.2 Å². The summed E-state index contributed by atoms with van der Waals surface area (Å²) < 4.78 is 16.0. The Kier molecular flexibility index (Phi) is 4.69. The third-order valence-electron chi connectivity index (χ3n) is 5.12. The minimum Gasteiger partial charge on any atom is -0.495 e. The van der Waals surface area contributed by atoms with Gasteiger partial charge in [-0.1, -0.05) is 12.1 Å². The van der Waals surface area contributed by atoms with Crippen LogP contribution < -0.4 is 16.0 Å². The SMILES string of the molecule is COC(=O)CCn1c(=O)c2c(nc3n(-c4ccccc4OC)c(C)cn23)n(C)c1=O. The molecule has 4 rings (SSSR count). The van der Waals surface area contributed by atoms with E-state index in [0.717, 1.165) is 15.9 Å². The third kappa shape index (κ3) is 2.79. The highest BCUT2D eigenvalue weighted by molar-refractivity contribution is 5.77. The number of imidazole rings is 2. The molecule has 0 aliphatic heterocycles. The van der Waals surface area contributed by atoms with Crippen LogP contribution in [0.25, 0.3) is 22.6 Å². The molecule has 0 radical (unpaired) electrons. The molecule has 0 spiro atoms. The van der Waals surface area contributed by atoms with Gasteiger partial charge in [0.25, 0.3) is 5.56 Å². The fourth-order valence-electron chi connectivity index (χ4n) is 3.63. The minimum absolute atomic E-state index is 0.0758. The van der Waals surface area contributed by atoms with E-state index in [-0.39, 0.29) is 24.1 Å². The number of nitrogens with zero attached hydrogens (tertiary/aromatic N) is 5. The van der Waals surface area contributed by atoms with E-state index in [2.05, 4.69) is 9.72 Å². The second kappa shape index (κ2) is 7.21. The molecule has 0 atom stereocenters. The Labute approximate surface area is 170 Å². The fraction of sp³-hybridized carbons (Fsp3) is 0.300. The van der Waals surface area contributed by atoms with Crippen molar-refractivity contribution in [3.05, 3.63) is 57.0 Å². The second-order valence-electron chi connectivity index (χ2n) is 6.86. The topological polar surface area (TPSA) is 102 Å². The van der Waals surface area contributed by atoms with Crippen molar-refractivity contribution in [1.82, 2.24) is 23.1 Å². The quantitative estimate of drug-likeness (QED) is 0.455. The summed E-state index contributed by atoms with van der Waals surface area (Å²) in [6, 6.07) is 7.47. The maximum absolute atomic E-state index is 13.2. The molecule has 0 bridgehead atoms. The Balaban J connectivity index is 2.02. The highest BCUT2D eigenvalue weighted by atomic mass is 16.5. The number of fused-ring (bicyclic) bond motifs is 3. The zero-order valence-electron chi connectivity index (χ0n) is 17.1. The van der Waals surface area contributed by atoms with Crippen LogP contribution in [0, 0.1) is 6.92 Å². The Bertz CT molecular complexity index is 1410. The molecule has 30 heavy (non-hydrogen) atoms. The second-order valence-corrected chi connectivity index (χ2v) is 6.86. The van der Waals surface area contributed by atoms with E-state index in [1.165, 1.54) is 11.7 Å². The number of methoxy groups -OCH3 is 2. The summed E-state index contributed by atoms with van der Waals surface area (Å²) in [7, 11) is 4.39. The van der Waals surface area contributed by atoms with E-state index in [0.29, 0.717) is 11.5 Å². The maximum Gasteiger partial charge on any atom is 0.332 e. The molecule has 0 fully saturated rings. The van der Waals surface area contributed by atoms with Crippen molar-refractivity contribution >= 4 is 22.9 Å². The first-order valence-electron chi connectivity index (χ1n) is 9.29. The van der Waals surface area contributed by atoms with Gasteiger partial charge in [-0.05, 0) is 19.1 Å². The van der Waals surface area contributed by atoms with E-state index >= 15 is 0 Å². The fourth-order valence-corrected chi connectivity index (χ4v) is 3.63. The van der Waals surface area contributed by atoms with Gasteiger partial charge in [0.15, 0.2) is 11.2 Å². The van der Waals surface area contributed by atoms with Crippen molar-refractivity contribution in [2.45, 2.75) is 19.9 Å². The molecule has 10 nitrogen and oxygen atoms in total. The number of esters is 1. The average Bonchev–Trinajstić information content (AvgIpc) is 3.26. The predicted octanol–water partition coefficient (Wildman–Crippen LogP) is 1.02. The highest BCUT2D eigenvalue weighted by Gasteiger charge is 2.22. The molecule has 0 aliphatic rings. The van der Waals surface area contributed by atoms with Crippen LogP contribution in [0.1, 0.15) is 12.1 Å². The Hall–Kier alpha value is -3.82. The molecule has 0 saturated carbocycles. The largest absolute Gasteiger partial charge is 0.495 e. The number of hydrogen-bond donors (Lipinski definition) is 0. The van der Waals surface area contributed by atoms with Crippen LogP contribution in [-0.4, -0.2) is 43.3 Å². The van der Waals surface area contributed by atoms with Crippen LogP contribution in [0.4, 0.5) is 0 Å². The lowest BCUT2D eigenvalue weighted by Crippen LogP contribution is -2.39. The molecule has 3 aromatic heterocycles. The summed E-state index contributed by atoms with van der Waals surface area (Å²) in [5, 5.41) is 0. The lowest BCUT2D eigenvalue weighted by atomic mass is 10.3. The molecule has 3 heterocycles. The van der Waals surface area contributed by atoms with E-state index < -0.39 is 17.2 Å². The molecule has 0 N–H and O–H groups in total. The van der Waals surface area contributed by atoms with Crippen molar-refractivity contribution in [2.24, 2.45) is 7.05 Å². The third-order valence-corrected chi connectivity index (χ3v) is 5.12. The Morgan fingerprint density at radius 2 is 1.90 bits per heavy atom. The van der Waals surface area contributed by atoms with Gasteiger partial charge in [-0.3, -0.25) is 27.7 Å². The van der Waals surface area contributed by atoms with Crippen molar-refractivity contribution in [3.8, 4) is 11.4 Å². The van der Waals surface area contributed by atoms with Crippen LogP contribution >= 0.6 is 0 Å². The summed E-state index contributed by atoms with van der Waals surface area (Å²) >= 11 is 0. The standard InChI is InChI=1S/C20H21N5O5/c1-12-11-24-16-17(21-19(24)25(12)13-7-5-6-8-14(13)29-3)22(2)20(28)23(18(16)27)10-9-15(26)30-4/h5-8,11H,9-10H2,1-4H3. The molecule has 10 heteroatoms. The number of carbonyl (C=O) groups excluding carboxylic acids is 1. The van der Waals surface area contributed by atoms with Gasteiger partial charge in [0.05, 0.1) is 26.3 Å². The maximum atomic E-state index is 13.2. The number of benzene rings is 1. The van der Waals surface area contributed by atoms with E-state index in [4.69, 9.17) is 4.74 Å². The molecular formula is C20H21N5O5. The zero-order chi connectivity index (χ0) is 21.6. The molecular weight excluding hydrogens is 390 g/mol. The van der Waals surface area contributed by atoms with Gasteiger partial charge < -0.3 is 9.47 Å². The van der Waals surface area contributed by atoms with Crippen LogP contribution in [0.15, 0.2) is 40.1 Å². The summed E-state index contributed by atoms with van der Waals surface area (Å²) in [6.45, 7) is 1.82. The van der Waals surface area contributed by atoms with Crippen LogP contribution in [0.2, 0.25) is 0 Å². The van der Waals surface area contributed by atoms with E-state index in [1.807, 2.05) is 35.8 Å². The lowest BCUT2D eigenvalue weighted by Gasteiger charge is -2.10. The van der Waals surface area contributed by atoms with Crippen LogP contribution in [0.5, 0.6) is 5.75 Å². The normalized spacial score (nSPS) is 11.3. The molecule has 0 amide bonds. The van der Waals surface area contributed by atoms with Gasteiger partial charge in [0, 0.05) is 25.5 Å². The first-order chi connectivity index (χ1) is 14.4. The van der Waals surface area contributed by atoms with Gasteiger partial charge in [-0.2, -0.15) is 4.98 Å². The van der Waals surface area contributed by atoms with Crippen molar-refractivity contribution in [3.63, 3.8) is 0 Å². The van der Waals surface area contributed by atoms with Crippen molar-refractivity contribution < 1.29 is 14.3 Å². The minimum atomic E-state index is -0.544. The molecule has 0 unspecified atom stereocenters. The zero-order valence-corrected chi connectivity index (χ0v) is 17.1. The number of ether oxygens (including phenoxy) is 2. The summed E-state index contributed by atoms with van der Waals surface area (Å²) in [5.41, 5.74) is 1.06. The molecule has 4 aromatic rings. The summed E-state index contributed by atoms with van der Waals surface area (Å²) in [4.78, 5) is 42.0. The molecule has 0 aliphatic carbocycles. The highest BCUT2D eigenvalue weighted by Crippen LogP contribution is 2.27. The van der Waals surface area contributed by atoms with Gasteiger partial charge in [-0.15, -0.1) is 0 Å². The monoisotopic (exact) mass is 411 g/mol. The van der Waals surface area contributed by atoms with Gasteiger partial charge in [-0.25, -0.2) is 4.79 Å². The van der Waals surface area contributed by atoms with Crippen molar-refractivity contribution in [1.29, 1.82) is 0 Å². The Morgan fingerprint density at radius 1 is 1.17 bits per heavy atom. The number of para-hydroxylation sites is 2. The van der Waals surface area contributed by atoms with Gasteiger partial charge in [0.2, 0.25) is 5.78 Å². The number of carbonyl (C=O) groups is 1. The lowest BCUT2D eigenvalue weighted by molar-refractivity contribution is -0.140. The van der Waals surface area contributed by atoms with Crippen LogP contribution in [-0.2, 0) is 23.1 Å². The average molecular weight is 411 g/mol.